The number of hydrogen-bond donors (Lipinski definition) is 2. The van der Waals surface area contributed by atoms with Crippen molar-refractivity contribution in [1.82, 2.24) is 4.98 Å². The van der Waals surface area contributed by atoms with Gasteiger partial charge in [0, 0.05) is 11.8 Å². The van der Waals surface area contributed by atoms with E-state index in [9.17, 15) is 9.90 Å². The molecule has 19 heavy (non-hydrogen) atoms. The molecule has 98 valence electrons. The van der Waals surface area contributed by atoms with Crippen LogP contribution in [0.1, 0.15) is 15.9 Å². The van der Waals surface area contributed by atoms with E-state index in [2.05, 4.69) is 4.98 Å². The monoisotopic (exact) mass is 259 g/mol. The van der Waals surface area contributed by atoms with Gasteiger partial charge in [0.1, 0.15) is 5.75 Å². The van der Waals surface area contributed by atoms with E-state index in [1.165, 1.54) is 19.4 Å². The maximum Gasteiger partial charge on any atom is 0.337 e. The molecule has 0 aliphatic carbocycles. The summed E-state index contributed by atoms with van der Waals surface area (Å²) in [5.41, 5.74) is 1.59. The average Bonchev–Trinajstić information content (AvgIpc) is 2.46. The van der Waals surface area contributed by atoms with Gasteiger partial charge >= 0.3 is 5.97 Å². The van der Waals surface area contributed by atoms with Crippen LogP contribution in [0.15, 0.2) is 36.5 Å². The smallest absolute Gasteiger partial charge is 0.337 e. The van der Waals surface area contributed by atoms with Crippen molar-refractivity contribution in [3.63, 3.8) is 0 Å². The summed E-state index contributed by atoms with van der Waals surface area (Å²) in [6.07, 6.45) is 1.52. The van der Waals surface area contributed by atoms with Crippen LogP contribution >= 0.6 is 0 Å². The zero-order chi connectivity index (χ0) is 13.8. The van der Waals surface area contributed by atoms with Crippen LogP contribution in [0.25, 0.3) is 11.3 Å². The van der Waals surface area contributed by atoms with Gasteiger partial charge in [0.05, 0.1) is 25.0 Å². The van der Waals surface area contributed by atoms with Crippen molar-refractivity contribution in [3.8, 4) is 17.0 Å². The number of methoxy groups -OCH3 is 1. The van der Waals surface area contributed by atoms with E-state index >= 15 is 0 Å². The molecule has 0 fully saturated rings. The first-order valence-electron chi connectivity index (χ1n) is 5.64. The van der Waals surface area contributed by atoms with E-state index in [4.69, 9.17) is 9.84 Å². The predicted octanol–water partition coefficient (Wildman–Crippen LogP) is 1.95. The molecule has 2 rings (SSSR count). The van der Waals surface area contributed by atoms with Crippen molar-refractivity contribution in [2.45, 2.75) is 6.61 Å². The van der Waals surface area contributed by atoms with Crippen LogP contribution in [0.4, 0.5) is 0 Å². The quantitative estimate of drug-likeness (QED) is 0.877. The van der Waals surface area contributed by atoms with Crippen LogP contribution in [0.5, 0.6) is 5.75 Å². The zero-order valence-electron chi connectivity index (χ0n) is 10.3. The molecule has 0 unspecified atom stereocenters. The van der Waals surface area contributed by atoms with Crippen molar-refractivity contribution in [3.05, 3.63) is 47.7 Å². The number of aromatic nitrogens is 1. The van der Waals surface area contributed by atoms with Crippen LogP contribution in [-0.2, 0) is 6.61 Å². The van der Waals surface area contributed by atoms with Gasteiger partial charge < -0.3 is 14.9 Å². The third-order valence-corrected chi connectivity index (χ3v) is 2.78. The first kappa shape index (κ1) is 13.0. The Kier molecular flexibility index (Phi) is 3.77. The Hall–Kier alpha value is -2.40. The van der Waals surface area contributed by atoms with Crippen LogP contribution < -0.4 is 4.74 Å². The molecule has 0 saturated carbocycles. The highest BCUT2D eigenvalue weighted by Crippen LogP contribution is 2.28. The number of aromatic carboxylic acids is 1. The number of carbonyl (C=O) groups is 1. The molecule has 2 N–H and O–H groups in total. The molecule has 5 heteroatoms. The highest BCUT2D eigenvalue weighted by Gasteiger charge is 2.15. The van der Waals surface area contributed by atoms with E-state index in [1.807, 2.05) is 0 Å². The van der Waals surface area contributed by atoms with Gasteiger partial charge in [0.2, 0.25) is 0 Å². The first-order valence-corrected chi connectivity index (χ1v) is 5.64. The third-order valence-electron chi connectivity index (χ3n) is 2.78. The standard InChI is InChI=1S/C14H13NO4/c1-19-10-4-5-11(9(7-10)8-16)13-12(14(17)18)3-2-6-15-13/h2-7,16H,8H2,1H3,(H,17,18). The maximum atomic E-state index is 11.2. The van der Waals surface area contributed by atoms with Crippen LogP contribution in [-0.4, -0.2) is 28.3 Å². The van der Waals surface area contributed by atoms with Gasteiger partial charge in [-0.05, 0) is 35.9 Å². The van der Waals surface area contributed by atoms with Crippen molar-refractivity contribution in [1.29, 1.82) is 0 Å². The lowest BCUT2D eigenvalue weighted by molar-refractivity contribution is 0.0697. The van der Waals surface area contributed by atoms with E-state index in [0.717, 1.165) is 0 Å². The van der Waals surface area contributed by atoms with Gasteiger partial charge in [0.15, 0.2) is 0 Å². The number of aliphatic hydroxyl groups is 1. The Labute approximate surface area is 110 Å². The minimum atomic E-state index is -1.05. The lowest BCUT2D eigenvalue weighted by Gasteiger charge is -2.11. The van der Waals surface area contributed by atoms with Crippen molar-refractivity contribution in [2.75, 3.05) is 7.11 Å². The molecule has 0 aliphatic heterocycles. The minimum absolute atomic E-state index is 0.0994. The maximum absolute atomic E-state index is 11.2. The SMILES string of the molecule is COc1ccc(-c2ncccc2C(=O)O)c(CO)c1. The van der Waals surface area contributed by atoms with Gasteiger partial charge in [-0.15, -0.1) is 0 Å². The van der Waals surface area contributed by atoms with E-state index in [0.29, 0.717) is 22.6 Å². The number of rotatable bonds is 4. The van der Waals surface area contributed by atoms with Gasteiger partial charge in [-0.1, -0.05) is 0 Å². The number of ether oxygens (including phenoxy) is 1. The molecule has 1 heterocycles. The molecule has 0 spiro atoms. The zero-order valence-corrected chi connectivity index (χ0v) is 10.3. The van der Waals surface area contributed by atoms with Crippen molar-refractivity contribution < 1.29 is 19.7 Å². The summed E-state index contributed by atoms with van der Waals surface area (Å²) in [6, 6.07) is 8.11. The second kappa shape index (κ2) is 5.49. The van der Waals surface area contributed by atoms with E-state index in [-0.39, 0.29) is 12.2 Å². The normalized spacial score (nSPS) is 10.2. The van der Waals surface area contributed by atoms with E-state index < -0.39 is 5.97 Å². The molecular weight excluding hydrogens is 246 g/mol. The Balaban J connectivity index is 2.62. The summed E-state index contributed by atoms with van der Waals surface area (Å²) < 4.78 is 5.08. The molecule has 0 saturated heterocycles. The summed E-state index contributed by atoms with van der Waals surface area (Å²) in [6.45, 7) is -0.220. The summed E-state index contributed by atoms with van der Waals surface area (Å²) >= 11 is 0. The number of pyridine rings is 1. The highest BCUT2D eigenvalue weighted by molar-refractivity contribution is 5.95. The number of carboxylic acid groups (broad SMARTS) is 1. The molecule has 0 atom stereocenters. The minimum Gasteiger partial charge on any atom is -0.497 e. The number of nitrogens with zero attached hydrogens (tertiary/aromatic N) is 1. The number of aliphatic hydroxyl groups excluding tert-OH is 1. The number of hydrogen-bond acceptors (Lipinski definition) is 4. The van der Waals surface area contributed by atoms with Crippen molar-refractivity contribution in [2.24, 2.45) is 0 Å². The molecule has 1 aromatic heterocycles. The molecule has 0 amide bonds. The lowest BCUT2D eigenvalue weighted by atomic mass is 10.0. The fraction of sp³-hybridized carbons (Fsp3) is 0.143. The number of benzene rings is 1. The van der Waals surface area contributed by atoms with Gasteiger partial charge in [-0.25, -0.2) is 4.79 Å². The summed E-state index contributed by atoms with van der Waals surface area (Å²) in [7, 11) is 1.53. The Morgan fingerprint density at radius 2 is 2.16 bits per heavy atom. The molecule has 0 radical (unpaired) electrons. The highest BCUT2D eigenvalue weighted by atomic mass is 16.5. The van der Waals surface area contributed by atoms with Gasteiger partial charge in [-0.3, -0.25) is 4.98 Å². The predicted molar refractivity (Wildman–Crippen MR) is 69.1 cm³/mol. The fourth-order valence-corrected chi connectivity index (χ4v) is 1.85. The molecular formula is C14H13NO4. The Morgan fingerprint density at radius 1 is 1.37 bits per heavy atom. The lowest BCUT2D eigenvalue weighted by Crippen LogP contribution is -2.03. The fourth-order valence-electron chi connectivity index (χ4n) is 1.85. The van der Waals surface area contributed by atoms with Crippen LogP contribution in [0.2, 0.25) is 0 Å². The summed E-state index contributed by atoms with van der Waals surface area (Å²) in [5, 5.41) is 18.6. The molecule has 1 aromatic carbocycles. The number of carboxylic acids is 1. The molecule has 0 aliphatic rings. The van der Waals surface area contributed by atoms with Gasteiger partial charge in [0.25, 0.3) is 0 Å². The van der Waals surface area contributed by atoms with Gasteiger partial charge in [-0.2, -0.15) is 0 Å². The first-order chi connectivity index (χ1) is 9.17. The average molecular weight is 259 g/mol. The molecule has 2 aromatic rings. The van der Waals surface area contributed by atoms with E-state index in [1.54, 1.807) is 24.3 Å². The molecule has 0 bridgehead atoms. The second-order valence-corrected chi connectivity index (χ2v) is 3.89. The largest absolute Gasteiger partial charge is 0.497 e. The summed E-state index contributed by atoms with van der Waals surface area (Å²) in [5.74, 6) is -0.455. The Bertz CT molecular complexity index is 610. The molecule has 5 nitrogen and oxygen atoms in total. The second-order valence-electron chi connectivity index (χ2n) is 3.89. The van der Waals surface area contributed by atoms with Crippen LogP contribution in [0.3, 0.4) is 0 Å². The third kappa shape index (κ3) is 2.56. The summed E-state index contributed by atoms with van der Waals surface area (Å²) in [4.78, 5) is 15.3. The topological polar surface area (TPSA) is 79.7 Å². The van der Waals surface area contributed by atoms with Crippen LogP contribution in [0, 0.1) is 0 Å². The van der Waals surface area contributed by atoms with Crippen molar-refractivity contribution >= 4 is 5.97 Å². The Morgan fingerprint density at radius 3 is 2.79 bits per heavy atom.